The molecule has 0 radical (unpaired) electrons. The Balaban J connectivity index is 1.69. The highest BCUT2D eigenvalue weighted by Gasteiger charge is 2.31. The second-order valence-electron chi connectivity index (χ2n) is 9.69. The van der Waals surface area contributed by atoms with Crippen molar-refractivity contribution in [2.24, 2.45) is 0 Å². The van der Waals surface area contributed by atoms with Gasteiger partial charge in [0.2, 0.25) is 12.7 Å². The highest BCUT2D eigenvalue weighted by Crippen LogP contribution is 2.49. The first-order chi connectivity index (χ1) is 16.6. The van der Waals surface area contributed by atoms with E-state index in [1.165, 1.54) is 0 Å². The van der Waals surface area contributed by atoms with Crippen LogP contribution < -0.4 is 20.1 Å². The monoisotopic (exact) mass is 501 g/mol. The molecule has 2 aliphatic heterocycles. The molecule has 0 aliphatic carbocycles. The van der Waals surface area contributed by atoms with Gasteiger partial charge in [0.1, 0.15) is 11.4 Å². The van der Waals surface area contributed by atoms with Crippen molar-refractivity contribution >= 4 is 40.7 Å². The van der Waals surface area contributed by atoms with E-state index in [4.69, 9.17) is 25.8 Å². The summed E-state index contributed by atoms with van der Waals surface area (Å²) in [5.74, 6) is 2.31. The summed E-state index contributed by atoms with van der Waals surface area (Å²) < 4.78 is 17.1. The molecule has 1 aromatic heterocycles. The van der Waals surface area contributed by atoms with Crippen molar-refractivity contribution in [1.29, 1.82) is 0 Å². The van der Waals surface area contributed by atoms with Gasteiger partial charge in [0, 0.05) is 43.0 Å². The van der Waals surface area contributed by atoms with Crippen LogP contribution in [0.5, 0.6) is 11.5 Å². The number of benzene rings is 1. The molecule has 1 aromatic carbocycles. The lowest BCUT2D eigenvalue weighted by Crippen LogP contribution is -2.41. The quantitative estimate of drug-likeness (QED) is 0.546. The number of allylic oxidation sites excluding steroid dienone is 1. The summed E-state index contributed by atoms with van der Waals surface area (Å²) in [6, 6.07) is 3.65. The molecule has 35 heavy (non-hydrogen) atoms. The normalized spacial score (nSPS) is 17.5. The third-order valence-electron chi connectivity index (χ3n) is 5.80. The molecule has 0 fully saturated rings. The fourth-order valence-electron chi connectivity index (χ4n) is 4.08. The highest BCUT2D eigenvalue weighted by molar-refractivity contribution is 6.35. The first-order valence-corrected chi connectivity index (χ1v) is 12.0. The van der Waals surface area contributed by atoms with Crippen LogP contribution in [-0.2, 0) is 4.74 Å². The van der Waals surface area contributed by atoms with Crippen LogP contribution in [0.1, 0.15) is 51.8 Å². The average molecular weight is 502 g/mol. The van der Waals surface area contributed by atoms with Crippen molar-refractivity contribution in [1.82, 2.24) is 14.9 Å². The Bertz CT molecular complexity index is 1160. The second kappa shape index (κ2) is 9.81. The lowest BCUT2D eigenvalue weighted by molar-refractivity contribution is 0.0201. The molecule has 1 unspecified atom stereocenters. The van der Waals surface area contributed by atoms with Crippen LogP contribution in [-0.4, -0.2) is 53.0 Å². The maximum Gasteiger partial charge on any atom is 0.410 e. The van der Waals surface area contributed by atoms with E-state index < -0.39 is 5.60 Å². The van der Waals surface area contributed by atoms with Crippen LogP contribution in [0, 0.1) is 6.92 Å². The average Bonchev–Trinajstić information content (AvgIpc) is 3.14. The Labute approximate surface area is 210 Å². The maximum absolute atomic E-state index is 12.8. The number of halogens is 1. The number of nitrogens with zero attached hydrogens (tertiary/aromatic N) is 3. The largest absolute Gasteiger partial charge is 0.453 e. The third kappa shape index (κ3) is 5.56. The topological polar surface area (TPSA) is 97.8 Å². The van der Waals surface area contributed by atoms with Gasteiger partial charge in [-0.1, -0.05) is 17.7 Å². The van der Waals surface area contributed by atoms with E-state index in [-0.39, 0.29) is 18.9 Å². The SMILES string of the molecule is CNc1cc(C)nc(Nc2cc3c(c(C4=CCN(C(=O)OC(C)(C)C)C(C)CC4)c2Cl)OCO3)n1. The molecule has 0 bridgehead atoms. The van der Waals surface area contributed by atoms with Gasteiger partial charge in [-0.3, -0.25) is 0 Å². The van der Waals surface area contributed by atoms with Gasteiger partial charge in [-0.25, -0.2) is 9.78 Å². The summed E-state index contributed by atoms with van der Waals surface area (Å²) in [6.45, 7) is 10.0. The first-order valence-electron chi connectivity index (χ1n) is 11.7. The van der Waals surface area contributed by atoms with Crippen molar-refractivity contribution < 1.29 is 19.0 Å². The minimum absolute atomic E-state index is 0.00422. The molecule has 4 rings (SSSR count). The van der Waals surface area contributed by atoms with Crippen LogP contribution >= 0.6 is 11.6 Å². The van der Waals surface area contributed by atoms with Crippen molar-refractivity contribution in [2.45, 2.75) is 59.1 Å². The standard InChI is InChI=1S/C25H32ClN5O4/c1-14-11-19(27-6)30-23(28-14)29-17-12-18-22(34-13-33-18)20(21(17)26)16-8-7-15(2)31(10-9-16)24(32)35-25(3,4)5/h9,11-12,15H,7-8,10,13H2,1-6H3,(H2,27,28,29,30). The number of ether oxygens (including phenoxy) is 3. The lowest BCUT2D eigenvalue weighted by atomic mass is 9.97. The molecule has 9 nitrogen and oxygen atoms in total. The smallest absolute Gasteiger partial charge is 0.410 e. The summed E-state index contributed by atoms with van der Waals surface area (Å²) in [6.07, 6.45) is 3.15. The van der Waals surface area contributed by atoms with Crippen molar-refractivity contribution in [3.8, 4) is 11.5 Å². The molecule has 2 N–H and O–H groups in total. The molecule has 10 heteroatoms. The van der Waals surface area contributed by atoms with Gasteiger partial charge < -0.3 is 29.7 Å². The van der Waals surface area contributed by atoms with E-state index in [1.807, 2.05) is 46.8 Å². The summed E-state index contributed by atoms with van der Waals surface area (Å²) in [5, 5.41) is 6.75. The summed E-state index contributed by atoms with van der Waals surface area (Å²) >= 11 is 6.95. The van der Waals surface area contributed by atoms with E-state index in [0.29, 0.717) is 46.9 Å². The molecule has 188 valence electrons. The van der Waals surface area contributed by atoms with Crippen molar-refractivity contribution in [2.75, 3.05) is 31.0 Å². The Morgan fingerprint density at radius 1 is 1.26 bits per heavy atom. The minimum atomic E-state index is -0.560. The van der Waals surface area contributed by atoms with E-state index in [2.05, 4.69) is 20.6 Å². The maximum atomic E-state index is 12.8. The van der Waals surface area contributed by atoms with E-state index in [0.717, 1.165) is 23.3 Å². The number of hydrogen-bond acceptors (Lipinski definition) is 8. The second-order valence-corrected chi connectivity index (χ2v) is 10.1. The fraction of sp³-hybridized carbons (Fsp3) is 0.480. The van der Waals surface area contributed by atoms with Crippen molar-refractivity contribution in [3.05, 3.63) is 34.5 Å². The van der Waals surface area contributed by atoms with Gasteiger partial charge in [-0.2, -0.15) is 4.98 Å². The molecule has 1 amide bonds. The predicted molar refractivity (Wildman–Crippen MR) is 137 cm³/mol. The zero-order chi connectivity index (χ0) is 25.3. The number of amides is 1. The third-order valence-corrected chi connectivity index (χ3v) is 6.20. The van der Waals surface area contributed by atoms with Gasteiger partial charge in [-0.05, 0) is 53.0 Å². The molecule has 0 spiro atoms. The Kier molecular flexibility index (Phi) is 6.98. The molecule has 2 aromatic rings. The molecular formula is C25H32ClN5O4. The number of nitrogens with one attached hydrogen (secondary N) is 2. The number of fused-ring (bicyclic) bond motifs is 1. The summed E-state index contributed by atoms with van der Waals surface area (Å²) in [5.41, 5.74) is 2.60. The first kappa shape index (κ1) is 24.9. The lowest BCUT2D eigenvalue weighted by Gasteiger charge is -2.30. The highest BCUT2D eigenvalue weighted by atomic mass is 35.5. The van der Waals surface area contributed by atoms with Crippen LogP contribution in [0.4, 0.5) is 22.2 Å². The number of anilines is 3. The van der Waals surface area contributed by atoms with E-state index in [1.54, 1.807) is 18.0 Å². The van der Waals surface area contributed by atoms with Crippen LogP contribution in [0.25, 0.3) is 5.57 Å². The van der Waals surface area contributed by atoms with Gasteiger partial charge in [0.15, 0.2) is 11.5 Å². The zero-order valence-electron chi connectivity index (χ0n) is 21.0. The molecular weight excluding hydrogens is 470 g/mol. The van der Waals surface area contributed by atoms with E-state index in [9.17, 15) is 4.79 Å². The number of carbonyl (C=O) groups is 1. The fourth-order valence-corrected chi connectivity index (χ4v) is 4.39. The Hall–Kier alpha value is -3.20. The number of hydrogen-bond donors (Lipinski definition) is 2. The van der Waals surface area contributed by atoms with Gasteiger partial charge in [0.05, 0.1) is 10.7 Å². The molecule has 0 saturated heterocycles. The molecule has 2 aliphatic rings. The van der Waals surface area contributed by atoms with Crippen LogP contribution in [0.2, 0.25) is 5.02 Å². The van der Waals surface area contributed by atoms with Gasteiger partial charge in [-0.15, -0.1) is 0 Å². The molecule has 0 saturated carbocycles. The Morgan fingerprint density at radius 3 is 2.74 bits per heavy atom. The minimum Gasteiger partial charge on any atom is -0.453 e. The van der Waals surface area contributed by atoms with E-state index >= 15 is 0 Å². The number of aryl methyl sites for hydroxylation is 1. The molecule has 3 heterocycles. The predicted octanol–water partition coefficient (Wildman–Crippen LogP) is 5.76. The summed E-state index contributed by atoms with van der Waals surface area (Å²) in [4.78, 5) is 23.5. The number of aromatic nitrogens is 2. The zero-order valence-corrected chi connectivity index (χ0v) is 21.7. The number of carbonyl (C=O) groups excluding carboxylic acids is 1. The van der Waals surface area contributed by atoms with Crippen LogP contribution in [0.3, 0.4) is 0 Å². The van der Waals surface area contributed by atoms with Gasteiger partial charge >= 0.3 is 6.09 Å². The number of rotatable bonds is 4. The Morgan fingerprint density at radius 2 is 2.03 bits per heavy atom. The van der Waals surface area contributed by atoms with Gasteiger partial charge in [0.25, 0.3) is 0 Å². The molecule has 1 atom stereocenters. The van der Waals surface area contributed by atoms with Crippen LogP contribution in [0.15, 0.2) is 18.2 Å². The van der Waals surface area contributed by atoms with Crippen molar-refractivity contribution in [3.63, 3.8) is 0 Å². The summed E-state index contributed by atoms with van der Waals surface area (Å²) in [7, 11) is 1.80.